The third-order valence-electron chi connectivity index (χ3n) is 5.73. The fourth-order valence-corrected chi connectivity index (χ4v) is 4.08. The number of ether oxygens (including phenoxy) is 1. The topological polar surface area (TPSA) is 70.1 Å². The first-order valence-electron chi connectivity index (χ1n) is 10.1. The molecule has 154 valence electrons. The fraction of sp³-hybridized carbons (Fsp3) is 0.636. The molecule has 0 aromatic heterocycles. The van der Waals surface area contributed by atoms with Crippen LogP contribution in [0.15, 0.2) is 12.1 Å². The van der Waals surface area contributed by atoms with Crippen molar-refractivity contribution >= 4 is 12.1 Å². The van der Waals surface area contributed by atoms with Crippen LogP contribution in [0, 0.1) is 19.8 Å². The van der Waals surface area contributed by atoms with E-state index in [2.05, 4.69) is 30.9 Å². The van der Waals surface area contributed by atoms with E-state index in [0.717, 1.165) is 19.5 Å². The average Bonchev–Trinajstić information content (AvgIpc) is 2.96. The highest BCUT2D eigenvalue weighted by Gasteiger charge is 2.35. The standard InChI is InChI=1S/C22H32N2O4/c1-14-8-17(18-11-24(12-18)21(27)28-22(3,4)5)9-15(2)19(14)13-23-7-6-16(10-23)20(25)26/h8-9,16,18H,6-7,10-13H2,1-5H3,(H,25,26). The molecule has 28 heavy (non-hydrogen) atoms. The third kappa shape index (κ3) is 4.66. The van der Waals surface area contributed by atoms with Gasteiger partial charge in [0.2, 0.25) is 0 Å². The summed E-state index contributed by atoms with van der Waals surface area (Å²) in [5.74, 6) is -0.582. The molecule has 2 fully saturated rings. The van der Waals surface area contributed by atoms with Gasteiger partial charge in [-0.05, 0) is 69.8 Å². The lowest BCUT2D eigenvalue weighted by Crippen LogP contribution is -2.50. The number of carbonyl (C=O) groups is 2. The van der Waals surface area contributed by atoms with Crippen LogP contribution in [-0.4, -0.2) is 58.7 Å². The number of hydrogen-bond donors (Lipinski definition) is 1. The lowest BCUT2D eigenvalue weighted by Gasteiger charge is -2.40. The molecule has 1 atom stereocenters. The van der Waals surface area contributed by atoms with E-state index in [0.29, 0.717) is 25.6 Å². The number of hydrogen-bond acceptors (Lipinski definition) is 4. The predicted octanol–water partition coefficient (Wildman–Crippen LogP) is 3.54. The molecule has 0 spiro atoms. The van der Waals surface area contributed by atoms with E-state index in [1.807, 2.05) is 20.8 Å². The Labute approximate surface area is 167 Å². The maximum Gasteiger partial charge on any atom is 0.410 e. The van der Waals surface area contributed by atoms with Crippen LogP contribution in [0.1, 0.15) is 55.4 Å². The number of aryl methyl sites for hydroxylation is 2. The van der Waals surface area contributed by atoms with Crippen molar-refractivity contribution in [1.82, 2.24) is 9.80 Å². The molecule has 0 radical (unpaired) electrons. The van der Waals surface area contributed by atoms with E-state index in [4.69, 9.17) is 4.74 Å². The normalized spacial score (nSPS) is 20.9. The molecule has 0 bridgehead atoms. The molecular formula is C22H32N2O4. The van der Waals surface area contributed by atoms with Gasteiger partial charge < -0.3 is 14.7 Å². The Morgan fingerprint density at radius 3 is 2.25 bits per heavy atom. The van der Waals surface area contributed by atoms with Crippen LogP contribution in [0.3, 0.4) is 0 Å². The number of carboxylic acid groups (broad SMARTS) is 1. The molecule has 0 aliphatic carbocycles. The summed E-state index contributed by atoms with van der Waals surface area (Å²) >= 11 is 0. The summed E-state index contributed by atoms with van der Waals surface area (Å²) in [6.45, 7) is 13.6. The zero-order valence-electron chi connectivity index (χ0n) is 17.6. The van der Waals surface area contributed by atoms with Crippen molar-refractivity contribution in [2.45, 2.75) is 59.1 Å². The molecule has 1 unspecified atom stereocenters. The number of rotatable bonds is 4. The van der Waals surface area contributed by atoms with E-state index >= 15 is 0 Å². The van der Waals surface area contributed by atoms with Gasteiger partial charge in [0, 0.05) is 32.1 Å². The number of benzene rings is 1. The number of nitrogens with zero attached hydrogens (tertiary/aromatic N) is 2. The van der Waals surface area contributed by atoms with E-state index in [9.17, 15) is 14.7 Å². The quantitative estimate of drug-likeness (QED) is 0.854. The monoisotopic (exact) mass is 388 g/mol. The predicted molar refractivity (Wildman–Crippen MR) is 107 cm³/mol. The summed E-state index contributed by atoms with van der Waals surface area (Å²) in [4.78, 5) is 27.3. The molecule has 1 aromatic rings. The average molecular weight is 389 g/mol. The second-order valence-electron chi connectivity index (χ2n) is 9.27. The van der Waals surface area contributed by atoms with Crippen molar-refractivity contribution in [3.63, 3.8) is 0 Å². The molecular weight excluding hydrogens is 356 g/mol. The summed E-state index contributed by atoms with van der Waals surface area (Å²) in [5, 5.41) is 9.20. The van der Waals surface area contributed by atoms with Gasteiger partial charge in [-0.2, -0.15) is 0 Å². The number of likely N-dealkylation sites (tertiary alicyclic amines) is 2. The third-order valence-corrected chi connectivity index (χ3v) is 5.73. The SMILES string of the molecule is Cc1cc(C2CN(C(=O)OC(C)(C)C)C2)cc(C)c1CN1CCC(C(=O)O)C1. The minimum atomic E-state index is -0.689. The van der Waals surface area contributed by atoms with Crippen molar-refractivity contribution < 1.29 is 19.4 Å². The van der Waals surface area contributed by atoms with Crippen LogP contribution in [0.4, 0.5) is 4.79 Å². The van der Waals surface area contributed by atoms with E-state index in [1.54, 1.807) is 4.90 Å². The van der Waals surface area contributed by atoms with E-state index in [-0.39, 0.29) is 12.0 Å². The molecule has 0 saturated carbocycles. The lowest BCUT2D eigenvalue weighted by atomic mass is 9.87. The van der Waals surface area contributed by atoms with Crippen molar-refractivity contribution in [3.05, 3.63) is 34.4 Å². The van der Waals surface area contributed by atoms with Crippen LogP contribution >= 0.6 is 0 Å². The maximum atomic E-state index is 12.1. The van der Waals surface area contributed by atoms with E-state index in [1.165, 1.54) is 22.3 Å². The van der Waals surface area contributed by atoms with Gasteiger partial charge in [0.1, 0.15) is 5.60 Å². The van der Waals surface area contributed by atoms with Crippen LogP contribution in [0.25, 0.3) is 0 Å². The molecule has 6 heteroatoms. The lowest BCUT2D eigenvalue weighted by molar-refractivity contribution is -0.141. The van der Waals surface area contributed by atoms with Gasteiger partial charge in [-0.1, -0.05) is 12.1 Å². The van der Waals surface area contributed by atoms with Gasteiger partial charge in [-0.25, -0.2) is 4.79 Å². The molecule has 2 aliphatic rings. The highest BCUT2D eigenvalue weighted by atomic mass is 16.6. The molecule has 2 saturated heterocycles. The highest BCUT2D eigenvalue weighted by Crippen LogP contribution is 2.32. The molecule has 2 heterocycles. The van der Waals surface area contributed by atoms with Gasteiger partial charge in [0.25, 0.3) is 0 Å². The number of amides is 1. The Balaban J connectivity index is 1.61. The van der Waals surface area contributed by atoms with Crippen molar-refractivity contribution in [2.24, 2.45) is 5.92 Å². The molecule has 3 rings (SSSR count). The zero-order chi connectivity index (χ0) is 20.6. The summed E-state index contributed by atoms with van der Waals surface area (Å²) in [7, 11) is 0. The van der Waals surface area contributed by atoms with Gasteiger partial charge >= 0.3 is 12.1 Å². The first-order chi connectivity index (χ1) is 13.0. The Bertz CT molecular complexity index is 739. The summed E-state index contributed by atoms with van der Waals surface area (Å²) in [5.41, 5.74) is 4.57. The van der Waals surface area contributed by atoms with Crippen LogP contribution in [0.2, 0.25) is 0 Å². The van der Waals surface area contributed by atoms with Gasteiger partial charge in [-0.15, -0.1) is 0 Å². The maximum absolute atomic E-state index is 12.1. The smallest absolute Gasteiger partial charge is 0.410 e. The van der Waals surface area contributed by atoms with Crippen molar-refractivity contribution in [1.29, 1.82) is 0 Å². The van der Waals surface area contributed by atoms with Crippen molar-refractivity contribution in [2.75, 3.05) is 26.2 Å². The van der Waals surface area contributed by atoms with Gasteiger partial charge in [0.05, 0.1) is 5.92 Å². The second kappa shape index (κ2) is 7.74. The number of aliphatic carboxylic acids is 1. The first kappa shape index (κ1) is 20.6. The Hall–Kier alpha value is -2.08. The zero-order valence-corrected chi connectivity index (χ0v) is 17.6. The first-order valence-corrected chi connectivity index (χ1v) is 10.1. The largest absolute Gasteiger partial charge is 0.481 e. The van der Waals surface area contributed by atoms with Gasteiger partial charge in [0.15, 0.2) is 0 Å². The Kier molecular flexibility index (Phi) is 5.71. The number of carboxylic acids is 1. The fourth-order valence-electron chi connectivity index (χ4n) is 4.08. The Morgan fingerprint density at radius 2 is 1.75 bits per heavy atom. The summed E-state index contributed by atoms with van der Waals surface area (Å²) < 4.78 is 5.43. The molecule has 6 nitrogen and oxygen atoms in total. The molecule has 2 aliphatic heterocycles. The number of carbonyl (C=O) groups excluding carboxylic acids is 1. The van der Waals surface area contributed by atoms with Gasteiger partial charge in [-0.3, -0.25) is 9.69 Å². The van der Waals surface area contributed by atoms with Crippen LogP contribution < -0.4 is 0 Å². The van der Waals surface area contributed by atoms with Crippen molar-refractivity contribution in [3.8, 4) is 0 Å². The minimum Gasteiger partial charge on any atom is -0.481 e. The molecule has 1 amide bonds. The minimum absolute atomic E-state index is 0.240. The second-order valence-corrected chi connectivity index (χ2v) is 9.27. The van der Waals surface area contributed by atoms with Crippen LogP contribution in [0.5, 0.6) is 0 Å². The summed E-state index contributed by atoms with van der Waals surface area (Å²) in [6.07, 6.45) is 0.490. The molecule has 1 aromatic carbocycles. The summed E-state index contributed by atoms with van der Waals surface area (Å²) in [6, 6.07) is 4.45. The highest BCUT2D eigenvalue weighted by molar-refractivity contribution is 5.70. The van der Waals surface area contributed by atoms with E-state index < -0.39 is 11.6 Å². The Morgan fingerprint density at radius 1 is 1.14 bits per heavy atom. The van der Waals surface area contributed by atoms with Crippen LogP contribution in [-0.2, 0) is 16.1 Å². The molecule has 1 N–H and O–H groups in total.